The van der Waals surface area contributed by atoms with E-state index in [2.05, 4.69) is 27.9 Å². The van der Waals surface area contributed by atoms with Crippen LogP contribution in [-0.4, -0.2) is 31.3 Å². The molecule has 1 heterocycles. The molecule has 0 aliphatic carbocycles. The highest BCUT2D eigenvalue weighted by Gasteiger charge is 2.07. The summed E-state index contributed by atoms with van der Waals surface area (Å²) in [5, 5.41) is 6.53. The van der Waals surface area contributed by atoms with Gasteiger partial charge in [0.25, 0.3) is 0 Å². The molecule has 2 N–H and O–H groups in total. The van der Waals surface area contributed by atoms with Crippen LogP contribution in [0.5, 0.6) is 11.5 Å². The van der Waals surface area contributed by atoms with Gasteiger partial charge in [0.1, 0.15) is 0 Å². The average Bonchev–Trinajstić information content (AvgIpc) is 2.97. The van der Waals surface area contributed by atoms with Crippen LogP contribution in [0.15, 0.2) is 41.7 Å². The third-order valence-electron chi connectivity index (χ3n) is 3.30. The van der Waals surface area contributed by atoms with Gasteiger partial charge in [0.15, 0.2) is 17.5 Å². The number of aromatic nitrogens is 1. The molecule has 1 aromatic heterocycles. The first-order chi connectivity index (χ1) is 11.2. The van der Waals surface area contributed by atoms with Crippen LogP contribution in [-0.2, 0) is 13.6 Å². The van der Waals surface area contributed by atoms with Gasteiger partial charge in [-0.1, -0.05) is 0 Å². The number of rotatable bonds is 6. The Morgan fingerprint density at radius 1 is 1.25 bits per heavy atom. The zero-order valence-electron chi connectivity index (χ0n) is 14.5. The number of guanidine groups is 1. The van der Waals surface area contributed by atoms with Crippen LogP contribution in [0, 0.1) is 0 Å². The van der Waals surface area contributed by atoms with E-state index in [4.69, 9.17) is 9.47 Å². The Hall–Kier alpha value is -1.90. The van der Waals surface area contributed by atoms with Gasteiger partial charge in [0.05, 0.1) is 13.7 Å². The predicted molar refractivity (Wildman–Crippen MR) is 109 cm³/mol. The summed E-state index contributed by atoms with van der Waals surface area (Å²) >= 11 is 0. The monoisotopic (exact) mass is 444 g/mol. The van der Waals surface area contributed by atoms with E-state index in [1.807, 2.05) is 42.9 Å². The predicted octanol–water partition coefficient (Wildman–Crippen LogP) is 3.24. The van der Waals surface area contributed by atoms with Crippen LogP contribution in [0.4, 0.5) is 5.69 Å². The molecule has 2 aromatic rings. The number of hydrogen-bond donors (Lipinski definition) is 2. The molecule has 0 saturated heterocycles. The van der Waals surface area contributed by atoms with Crippen molar-refractivity contribution in [1.82, 2.24) is 9.88 Å². The van der Waals surface area contributed by atoms with Crippen molar-refractivity contribution in [3.05, 3.63) is 42.2 Å². The Balaban J connectivity index is 0.00000288. The van der Waals surface area contributed by atoms with Crippen molar-refractivity contribution in [3.8, 4) is 11.5 Å². The molecule has 6 nitrogen and oxygen atoms in total. The van der Waals surface area contributed by atoms with Gasteiger partial charge in [-0.05, 0) is 30.7 Å². The zero-order valence-corrected chi connectivity index (χ0v) is 16.8. The van der Waals surface area contributed by atoms with Gasteiger partial charge in [-0.15, -0.1) is 24.0 Å². The van der Waals surface area contributed by atoms with Crippen LogP contribution < -0.4 is 20.1 Å². The first kappa shape index (κ1) is 20.1. The molecule has 24 heavy (non-hydrogen) atoms. The molecular formula is C17H25IN4O2. The number of benzene rings is 1. The molecule has 0 aliphatic heterocycles. The molecule has 0 spiro atoms. The van der Waals surface area contributed by atoms with Crippen molar-refractivity contribution >= 4 is 35.6 Å². The van der Waals surface area contributed by atoms with Gasteiger partial charge in [-0.25, -0.2) is 0 Å². The number of methoxy groups -OCH3 is 1. The Morgan fingerprint density at radius 3 is 2.62 bits per heavy atom. The third kappa shape index (κ3) is 5.63. The molecule has 0 saturated carbocycles. The Kier molecular flexibility index (Phi) is 8.45. The normalized spacial score (nSPS) is 10.8. The summed E-state index contributed by atoms with van der Waals surface area (Å²) in [5.74, 6) is 2.12. The minimum Gasteiger partial charge on any atom is -0.493 e. The van der Waals surface area contributed by atoms with Crippen molar-refractivity contribution in [1.29, 1.82) is 0 Å². The van der Waals surface area contributed by atoms with Crippen molar-refractivity contribution < 1.29 is 9.47 Å². The van der Waals surface area contributed by atoms with E-state index in [1.54, 1.807) is 14.2 Å². The van der Waals surface area contributed by atoms with Gasteiger partial charge in [-0.3, -0.25) is 4.99 Å². The minimum absolute atomic E-state index is 0. The van der Waals surface area contributed by atoms with E-state index in [-0.39, 0.29) is 24.0 Å². The first-order valence-electron chi connectivity index (χ1n) is 7.55. The number of nitrogens with one attached hydrogen (secondary N) is 2. The van der Waals surface area contributed by atoms with Crippen molar-refractivity contribution in [3.63, 3.8) is 0 Å². The fourth-order valence-corrected chi connectivity index (χ4v) is 2.19. The van der Waals surface area contributed by atoms with Gasteiger partial charge < -0.3 is 24.7 Å². The number of hydrogen-bond acceptors (Lipinski definition) is 3. The molecular weight excluding hydrogens is 419 g/mol. The number of ether oxygens (including phenoxy) is 2. The maximum absolute atomic E-state index is 5.59. The van der Waals surface area contributed by atoms with Crippen molar-refractivity contribution in [2.24, 2.45) is 12.0 Å². The summed E-state index contributed by atoms with van der Waals surface area (Å²) in [6.45, 7) is 3.23. The van der Waals surface area contributed by atoms with E-state index >= 15 is 0 Å². The van der Waals surface area contributed by atoms with E-state index in [1.165, 1.54) is 5.56 Å². The van der Waals surface area contributed by atoms with Crippen molar-refractivity contribution in [2.45, 2.75) is 13.5 Å². The van der Waals surface area contributed by atoms with E-state index in [0.29, 0.717) is 30.6 Å². The summed E-state index contributed by atoms with van der Waals surface area (Å²) in [6, 6.07) is 7.77. The standard InChI is InChI=1S/C17H24N4O2.HI/c1-5-23-16-10-14(6-7-15(16)22-4)20-17(18-2)19-11-13-8-9-21(3)12-13;/h6-10,12H,5,11H2,1-4H3,(H2,18,19,20);1H. The smallest absolute Gasteiger partial charge is 0.195 e. The van der Waals surface area contributed by atoms with E-state index in [0.717, 1.165) is 5.69 Å². The molecule has 7 heteroatoms. The Morgan fingerprint density at radius 2 is 2.04 bits per heavy atom. The lowest BCUT2D eigenvalue weighted by molar-refractivity contribution is 0.311. The minimum atomic E-state index is 0. The summed E-state index contributed by atoms with van der Waals surface area (Å²) in [6.07, 6.45) is 4.09. The summed E-state index contributed by atoms with van der Waals surface area (Å²) in [5.41, 5.74) is 2.08. The van der Waals surface area contributed by atoms with E-state index < -0.39 is 0 Å². The van der Waals surface area contributed by atoms with Crippen LogP contribution >= 0.6 is 24.0 Å². The topological polar surface area (TPSA) is 59.8 Å². The Labute approximate surface area is 160 Å². The molecule has 0 atom stereocenters. The second kappa shape index (κ2) is 10.1. The van der Waals surface area contributed by atoms with Crippen LogP contribution in [0.2, 0.25) is 0 Å². The average molecular weight is 444 g/mol. The second-order valence-corrected chi connectivity index (χ2v) is 5.03. The largest absolute Gasteiger partial charge is 0.493 e. The summed E-state index contributed by atoms with van der Waals surface area (Å²) < 4.78 is 12.9. The third-order valence-corrected chi connectivity index (χ3v) is 3.30. The SMILES string of the molecule is CCOc1cc(NC(=NC)NCc2ccn(C)c2)ccc1OC.I. The molecule has 2 rings (SSSR count). The highest BCUT2D eigenvalue weighted by atomic mass is 127. The van der Waals surface area contributed by atoms with E-state index in [9.17, 15) is 0 Å². The van der Waals surface area contributed by atoms with Crippen LogP contribution in [0.1, 0.15) is 12.5 Å². The number of aliphatic imine (C=N–C) groups is 1. The summed E-state index contributed by atoms with van der Waals surface area (Å²) in [4.78, 5) is 4.24. The maximum Gasteiger partial charge on any atom is 0.195 e. The maximum atomic E-state index is 5.59. The Bertz CT molecular complexity index is 670. The van der Waals surface area contributed by atoms with Crippen LogP contribution in [0.25, 0.3) is 0 Å². The van der Waals surface area contributed by atoms with Gasteiger partial charge >= 0.3 is 0 Å². The number of halogens is 1. The highest BCUT2D eigenvalue weighted by Crippen LogP contribution is 2.30. The zero-order chi connectivity index (χ0) is 16.7. The second-order valence-electron chi connectivity index (χ2n) is 5.03. The molecule has 132 valence electrons. The molecule has 0 amide bonds. The summed E-state index contributed by atoms with van der Waals surface area (Å²) in [7, 11) is 5.38. The van der Waals surface area contributed by atoms with Crippen molar-refractivity contribution in [2.75, 3.05) is 26.1 Å². The molecule has 0 aliphatic rings. The fraction of sp³-hybridized carbons (Fsp3) is 0.353. The van der Waals surface area contributed by atoms with Gasteiger partial charge in [-0.2, -0.15) is 0 Å². The number of anilines is 1. The lowest BCUT2D eigenvalue weighted by atomic mass is 10.2. The molecule has 0 radical (unpaired) electrons. The molecule has 0 unspecified atom stereocenters. The van der Waals surface area contributed by atoms with Gasteiger partial charge in [0.2, 0.25) is 0 Å². The molecule has 0 fully saturated rings. The quantitative estimate of drug-likeness (QED) is 0.408. The lowest BCUT2D eigenvalue weighted by Gasteiger charge is -2.14. The molecule has 1 aromatic carbocycles. The fourth-order valence-electron chi connectivity index (χ4n) is 2.19. The lowest BCUT2D eigenvalue weighted by Crippen LogP contribution is -2.30. The first-order valence-corrected chi connectivity index (χ1v) is 7.55. The van der Waals surface area contributed by atoms with Gasteiger partial charge in [0, 0.05) is 44.8 Å². The number of nitrogens with zero attached hydrogens (tertiary/aromatic N) is 2. The molecule has 0 bridgehead atoms. The van der Waals surface area contributed by atoms with Crippen LogP contribution in [0.3, 0.4) is 0 Å². The number of aryl methyl sites for hydroxylation is 1. The highest BCUT2D eigenvalue weighted by molar-refractivity contribution is 14.0.